The number of imidazole rings is 1. The van der Waals surface area contributed by atoms with Crippen molar-refractivity contribution in [3.8, 4) is 12.0 Å². The Bertz CT molecular complexity index is 534. The molecule has 0 radical (unpaired) electrons. The first-order valence-electron chi connectivity index (χ1n) is 6.49. The quantitative estimate of drug-likeness (QED) is 0.647. The van der Waals surface area contributed by atoms with Crippen LogP contribution in [0.4, 0.5) is 5.95 Å². The van der Waals surface area contributed by atoms with Gasteiger partial charge in [0.15, 0.2) is 0 Å². The van der Waals surface area contributed by atoms with Gasteiger partial charge in [-0.2, -0.15) is 15.0 Å². The van der Waals surface area contributed by atoms with E-state index in [1.807, 2.05) is 0 Å². The molecule has 0 bridgehead atoms. The van der Waals surface area contributed by atoms with Gasteiger partial charge in [0.05, 0.1) is 6.61 Å². The lowest BCUT2D eigenvalue weighted by Gasteiger charge is -2.07. The van der Waals surface area contributed by atoms with Gasteiger partial charge in [-0.3, -0.25) is 4.57 Å². The van der Waals surface area contributed by atoms with E-state index in [9.17, 15) is 0 Å². The third-order valence-corrected chi connectivity index (χ3v) is 2.45. The zero-order valence-corrected chi connectivity index (χ0v) is 11.8. The summed E-state index contributed by atoms with van der Waals surface area (Å²) < 4.78 is 17.3. The van der Waals surface area contributed by atoms with Crippen molar-refractivity contribution in [3.63, 3.8) is 0 Å². The smallest absolute Gasteiger partial charge is 0.323 e. The topological polar surface area (TPSA) is 110 Å². The summed E-state index contributed by atoms with van der Waals surface area (Å²) in [5, 5.41) is 0. The standard InChI is InChI=1S/C12H18N6O3/c1-19-5-2-6-20-7-8-21-12-16-10(13)15-11(17-12)18-4-3-14-9-18/h3-4,9H,2,5-8H2,1H3,(H2,13,15,16,17). The molecule has 0 spiro atoms. The van der Waals surface area contributed by atoms with Crippen molar-refractivity contribution in [1.29, 1.82) is 0 Å². The summed E-state index contributed by atoms with van der Waals surface area (Å²) in [6.45, 7) is 2.07. The third-order valence-electron chi connectivity index (χ3n) is 2.45. The summed E-state index contributed by atoms with van der Waals surface area (Å²) in [6, 6.07) is 0.159. The van der Waals surface area contributed by atoms with E-state index >= 15 is 0 Å². The van der Waals surface area contributed by atoms with E-state index in [0.717, 1.165) is 6.42 Å². The van der Waals surface area contributed by atoms with Crippen LogP contribution in [0.2, 0.25) is 0 Å². The highest BCUT2D eigenvalue weighted by Crippen LogP contribution is 2.08. The minimum atomic E-state index is 0.0877. The molecule has 2 aromatic rings. The zero-order chi connectivity index (χ0) is 14.9. The van der Waals surface area contributed by atoms with Crippen molar-refractivity contribution >= 4 is 5.95 Å². The molecular weight excluding hydrogens is 276 g/mol. The molecule has 2 N–H and O–H groups in total. The summed E-state index contributed by atoms with van der Waals surface area (Å²) in [7, 11) is 1.66. The van der Waals surface area contributed by atoms with Gasteiger partial charge in [0, 0.05) is 32.7 Å². The summed E-state index contributed by atoms with van der Waals surface area (Å²) in [4.78, 5) is 16.0. The fourth-order valence-corrected chi connectivity index (χ4v) is 1.52. The van der Waals surface area contributed by atoms with E-state index in [-0.39, 0.29) is 12.0 Å². The molecule has 0 amide bonds. The van der Waals surface area contributed by atoms with Crippen LogP contribution in [0.15, 0.2) is 18.7 Å². The highest BCUT2D eigenvalue weighted by atomic mass is 16.5. The van der Waals surface area contributed by atoms with Crippen LogP contribution < -0.4 is 10.5 Å². The Hall–Kier alpha value is -2.26. The van der Waals surface area contributed by atoms with Gasteiger partial charge in [0.2, 0.25) is 11.9 Å². The molecule has 2 aromatic heterocycles. The predicted molar refractivity (Wildman–Crippen MR) is 74.2 cm³/mol. The molecule has 0 atom stereocenters. The fraction of sp³-hybridized carbons (Fsp3) is 0.500. The molecule has 0 aromatic carbocycles. The van der Waals surface area contributed by atoms with Crippen LogP contribution >= 0.6 is 0 Å². The van der Waals surface area contributed by atoms with E-state index in [1.54, 1.807) is 30.4 Å². The van der Waals surface area contributed by atoms with Gasteiger partial charge in [0.1, 0.15) is 12.9 Å². The summed E-state index contributed by atoms with van der Waals surface area (Å²) in [5.74, 6) is 0.445. The van der Waals surface area contributed by atoms with Crippen LogP contribution in [0.5, 0.6) is 6.01 Å². The van der Waals surface area contributed by atoms with Crippen molar-refractivity contribution < 1.29 is 14.2 Å². The number of hydrogen-bond donors (Lipinski definition) is 1. The number of nitrogens with two attached hydrogens (primary N) is 1. The lowest BCUT2D eigenvalue weighted by Crippen LogP contribution is -2.12. The summed E-state index contributed by atoms with van der Waals surface area (Å²) >= 11 is 0. The normalized spacial score (nSPS) is 10.7. The van der Waals surface area contributed by atoms with Crippen LogP contribution in [0.25, 0.3) is 5.95 Å². The first-order valence-corrected chi connectivity index (χ1v) is 6.49. The van der Waals surface area contributed by atoms with E-state index in [4.69, 9.17) is 19.9 Å². The average molecular weight is 294 g/mol. The molecule has 9 heteroatoms. The number of nitrogens with zero attached hydrogens (tertiary/aromatic N) is 5. The molecule has 2 heterocycles. The minimum absolute atomic E-state index is 0.0877. The number of methoxy groups -OCH3 is 1. The molecule has 21 heavy (non-hydrogen) atoms. The molecule has 0 aliphatic heterocycles. The van der Waals surface area contributed by atoms with Gasteiger partial charge in [-0.15, -0.1) is 0 Å². The Labute approximate surface area is 122 Å². The predicted octanol–water partition coefficient (Wildman–Crippen LogP) is 0.0714. The van der Waals surface area contributed by atoms with Gasteiger partial charge in [-0.05, 0) is 6.42 Å². The molecule has 0 saturated heterocycles. The molecule has 0 saturated carbocycles. The number of ether oxygens (including phenoxy) is 3. The SMILES string of the molecule is COCCCOCCOc1nc(N)nc(-n2ccnc2)n1. The van der Waals surface area contributed by atoms with E-state index in [1.165, 1.54) is 0 Å². The molecule has 0 fully saturated rings. The van der Waals surface area contributed by atoms with Gasteiger partial charge < -0.3 is 19.9 Å². The van der Waals surface area contributed by atoms with Gasteiger partial charge in [-0.1, -0.05) is 0 Å². The van der Waals surface area contributed by atoms with Crippen LogP contribution in [0, 0.1) is 0 Å². The second-order valence-electron chi connectivity index (χ2n) is 4.05. The van der Waals surface area contributed by atoms with Crippen molar-refractivity contribution in [2.75, 3.05) is 39.3 Å². The maximum atomic E-state index is 5.63. The van der Waals surface area contributed by atoms with Crippen molar-refractivity contribution in [1.82, 2.24) is 24.5 Å². The molecule has 0 unspecified atom stereocenters. The van der Waals surface area contributed by atoms with Crippen molar-refractivity contribution in [2.24, 2.45) is 0 Å². The number of nitrogen functional groups attached to an aromatic ring is 1. The Morgan fingerprint density at radius 3 is 2.81 bits per heavy atom. The minimum Gasteiger partial charge on any atom is -0.461 e. The highest BCUT2D eigenvalue weighted by molar-refractivity contribution is 5.24. The third kappa shape index (κ3) is 4.97. The first kappa shape index (κ1) is 15.1. The number of hydrogen-bond acceptors (Lipinski definition) is 8. The molecule has 0 aliphatic carbocycles. The largest absolute Gasteiger partial charge is 0.461 e. The second-order valence-corrected chi connectivity index (χ2v) is 4.05. The van der Waals surface area contributed by atoms with E-state index < -0.39 is 0 Å². The lowest BCUT2D eigenvalue weighted by molar-refractivity contribution is 0.0783. The number of rotatable bonds is 9. The summed E-state index contributed by atoms with van der Waals surface area (Å²) in [6.07, 6.45) is 5.74. The van der Waals surface area contributed by atoms with Crippen molar-refractivity contribution in [2.45, 2.75) is 6.42 Å². The maximum absolute atomic E-state index is 5.63. The average Bonchev–Trinajstić information content (AvgIpc) is 3.00. The Morgan fingerprint density at radius 2 is 2.05 bits per heavy atom. The zero-order valence-electron chi connectivity index (χ0n) is 11.8. The monoisotopic (exact) mass is 294 g/mol. The number of aromatic nitrogens is 5. The maximum Gasteiger partial charge on any atom is 0.323 e. The van der Waals surface area contributed by atoms with E-state index in [2.05, 4.69) is 19.9 Å². The first-order chi connectivity index (χ1) is 10.3. The number of anilines is 1. The second kappa shape index (κ2) is 8.12. The van der Waals surface area contributed by atoms with Crippen LogP contribution in [0.1, 0.15) is 6.42 Å². The molecule has 114 valence electrons. The van der Waals surface area contributed by atoms with Gasteiger partial charge >= 0.3 is 6.01 Å². The molecule has 9 nitrogen and oxygen atoms in total. The van der Waals surface area contributed by atoms with E-state index in [0.29, 0.717) is 32.4 Å². The Kier molecular flexibility index (Phi) is 5.85. The van der Waals surface area contributed by atoms with Crippen LogP contribution in [-0.2, 0) is 9.47 Å². The van der Waals surface area contributed by atoms with Crippen molar-refractivity contribution in [3.05, 3.63) is 18.7 Å². The summed E-state index contributed by atoms with van der Waals surface area (Å²) in [5.41, 5.74) is 5.63. The Morgan fingerprint density at radius 1 is 1.14 bits per heavy atom. The lowest BCUT2D eigenvalue weighted by atomic mass is 10.5. The fourth-order valence-electron chi connectivity index (χ4n) is 1.52. The van der Waals surface area contributed by atoms with Gasteiger partial charge in [-0.25, -0.2) is 4.98 Å². The highest BCUT2D eigenvalue weighted by Gasteiger charge is 2.07. The van der Waals surface area contributed by atoms with Gasteiger partial charge in [0.25, 0.3) is 0 Å². The van der Waals surface area contributed by atoms with Crippen LogP contribution in [0.3, 0.4) is 0 Å². The van der Waals surface area contributed by atoms with Crippen LogP contribution in [-0.4, -0.2) is 58.0 Å². The molecule has 0 aliphatic rings. The molecule has 2 rings (SSSR count). The Balaban J connectivity index is 1.81. The molecular formula is C12H18N6O3.